The van der Waals surface area contributed by atoms with E-state index in [0.717, 1.165) is 5.39 Å². The zero-order chi connectivity index (χ0) is 17.8. The lowest BCUT2D eigenvalue weighted by molar-refractivity contribution is 0.146. The van der Waals surface area contributed by atoms with Crippen LogP contribution in [0.5, 0.6) is 11.5 Å². The number of nitrogens with one attached hydrogen (secondary N) is 1. The number of fused-ring (bicyclic) bond motifs is 1. The molecule has 0 amide bonds. The van der Waals surface area contributed by atoms with E-state index in [9.17, 15) is 9.50 Å². The lowest BCUT2D eigenvalue weighted by Crippen LogP contribution is -2.04. The summed E-state index contributed by atoms with van der Waals surface area (Å²) >= 11 is 0. The molecule has 0 unspecified atom stereocenters. The molecule has 0 fully saturated rings. The number of rotatable bonds is 6. The Balaban J connectivity index is 0.00000243. The Bertz CT molecular complexity index is 908. The number of phenols is 1. The van der Waals surface area contributed by atoms with Gasteiger partial charge in [0.2, 0.25) is 0 Å². The lowest BCUT2D eigenvalue weighted by Gasteiger charge is -2.12. The molecule has 0 radical (unpaired) electrons. The minimum Gasteiger partial charge on any atom is -0.508 e. The fourth-order valence-corrected chi connectivity index (χ4v) is 2.37. The molecule has 1 heterocycles. The molecular weight excluding hydrogens is 361 g/mol. The number of aromatic nitrogens is 2. The number of phenolic OH excluding ortho intramolecular Hbond substituents is 1. The van der Waals surface area contributed by atoms with E-state index in [0.29, 0.717) is 35.7 Å². The Morgan fingerprint density at radius 3 is 2.73 bits per heavy atom. The maximum absolute atomic E-state index is 14.1. The highest BCUT2D eigenvalue weighted by Crippen LogP contribution is 2.31. The highest BCUT2D eigenvalue weighted by molar-refractivity contribution is 5.93. The first-order chi connectivity index (χ1) is 12.1. The fraction of sp³-hybridized carbons (Fsp3) is 0.222. The van der Waals surface area contributed by atoms with Crippen LogP contribution >= 0.6 is 12.4 Å². The Morgan fingerprint density at radius 2 is 1.96 bits per heavy atom. The highest BCUT2D eigenvalue weighted by atomic mass is 35.5. The van der Waals surface area contributed by atoms with Crippen molar-refractivity contribution in [1.29, 1.82) is 0 Å². The number of anilines is 2. The number of aryl methyl sites for hydroxylation is 1. The van der Waals surface area contributed by atoms with Gasteiger partial charge in [-0.2, -0.15) is 10.2 Å². The predicted molar refractivity (Wildman–Crippen MR) is 100 cm³/mol. The SMILES string of the molecule is COCCOc1ccc2c(Nc3cc(O)c(C)cc3F)cnnc2c1.Cl. The highest BCUT2D eigenvalue weighted by Gasteiger charge is 2.10. The molecule has 0 aliphatic rings. The van der Waals surface area contributed by atoms with Gasteiger partial charge in [-0.15, -0.1) is 12.4 Å². The van der Waals surface area contributed by atoms with E-state index >= 15 is 0 Å². The molecule has 0 aliphatic heterocycles. The van der Waals surface area contributed by atoms with Crippen molar-refractivity contribution >= 4 is 34.7 Å². The summed E-state index contributed by atoms with van der Waals surface area (Å²) in [5.74, 6) is 0.207. The van der Waals surface area contributed by atoms with Crippen LogP contribution in [0.1, 0.15) is 5.56 Å². The predicted octanol–water partition coefficient (Wildman–Crippen LogP) is 3.97. The normalized spacial score (nSPS) is 10.4. The van der Waals surface area contributed by atoms with Gasteiger partial charge in [0.1, 0.15) is 23.9 Å². The summed E-state index contributed by atoms with van der Waals surface area (Å²) in [6.45, 7) is 2.55. The number of aromatic hydroxyl groups is 1. The second-order valence-corrected chi connectivity index (χ2v) is 5.52. The van der Waals surface area contributed by atoms with E-state index in [1.54, 1.807) is 26.2 Å². The van der Waals surface area contributed by atoms with Crippen LogP contribution in [-0.2, 0) is 4.74 Å². The van der Waals surface area contributed by atoms with Crippen LogP contribution in [0.3, 0.4) is 0 Å². The number of ether oxygens (including phenoxy) is 2. The van der Waals surface area contributed by atoms with Gasteiger partial charge in [0.15, 0.2) is 0 Å². The summed E-state index contributed by atoms with van der Waals surface area (Å²) in [6.07, 6.45) is 1.50. The zero-order valence-electron chi connectivity index (χ0n) is 14.3. The van der Waals surface area contributed by atoms with Gasteiger partial charge >= 0.3 is 0 Å². The molecule has 0 spiro atoms. The first kappa shape index (κ1) is 19.7. The third-order valence-corrected chi connectivity index (χ3v) is 3.72. The first-order valence-electron chi connectivity index (χ1n) is 7.72. The third kappa shape index (κ3) is 4.30. The van der Waals surface area contributed by atoms with Gasteiger partial charge in [-0.1, -0.05) is 0 Å². The number of methoxy groups -OCH3 is 1. The molecule has 26 heavy (non-hydrogen) atoms. The van der Waals surface area contributed by atoms with Crippen molar-refractivity contribution in [3.05, 3.63) is 47.9 Å². The van der Waals surface area contributed by atoms with Crippen LogP contribution in [0, 0.1) is 12.7 Å². The molecule has 3 rings (SSSR count). The largest absolute Gasteiger partial charge is 0.508 e. The molecule has 6 nitrogen and oxygen atoms in total. The Morgan fingerprint density at radius 1 is 1.15 bits per heavy atom. The lowest BCUT2D eigenvalue weighted by atomic mass is 10.1. The number of hydrogen-bond donors (Lipinski definition) is 2. The van der Waals surface area contributed by atoms with E-state index in [2.05, 4.69) is 15.5 Å². The van der Waals surface area contributed by atoms with Crippen LogP contribution < -0.4 is 10.1 Å². The van der Waals surface area contributed by atoms with Crippen LogP contribution in [0.25, 0.3) is 10.9 Å². The third-order valence-electron chi connectivity index (χ3n) is 3.72. The molecule has 1 aromatic heterocycles. The molecule has 0 saturated heterocycles. The zero-order valence-corrected chi connectivity index (χ0v) is 15.1. The standard InChI is InChI=1S/C18H18FN3O3.ClH/c1-11-7-14(19)16(9-18(11)23)21-17-10-20-22-15-8-12(3-4-13(15)17)25-6-5-24-2;/h3-4,7-10,23H,5-6H2,1-2H3,(H,21,22);1H. The molecule has 0 bridgehead atoms. The van der Waals surface area contributed by atoms with Crippen molar-refractivity contribution in [3.8, 4) is 11.5 Å². The van der Waals surface area contributed by atoms with Gasteiger partial charge < -0.3 is 19.9 Å². The van der Waals surface area contributed by atoms with Gasteiger partial charge in [-0.25, -0.2) is 4.39 Å². The van der Waals surface area contributed by atoms with Crippen molar-refractivity contribution < 1.29 is 19.0 Å². The van der Waals surface area contributed by atoms with Crippen LogP contribution in [0.2, 0.25) is 0 Å². The van der Waals surface area contributed by atoms with Gasteiger partial charge in [-0.05, 0) is 30.7 Å². The molecule has 2 aromatic carbocycles. The van der Waals surface area contributed by atoms with E-state index in [4.69, 9.17) is 9.47 Å². The summed E-state index contributed by atoms with van der Waals surface area (Å²) in [5.41, 5.74) is 1.82. The van der Waals surface area contributed by atoms with E-state index < -0.39 is 5.82 Å². The molecule has 0 aliphatic carbocycles. The summed E-state index contributed by atoms with van der Waals surface area (Å²) in [7, 11) is 1.61. The number of nitrogens with zero attached hydrogens (tertiary/aromatic N) is 2. The molecule has 2 N–H and O–H groups in total. The Kier molecular flexibility index (Phi) is 6.54. The minimum atomic E-state index is -0.459. The maximum atomic E-state index is 14.1. The van der Waals surface area contributed by atoms with Crippen molar-refractivity contribution in [2.45, 2.75) is 6.92 Å². The van der Waals surface area contributed by atoms with E-state index in [1.165, 1.54) is 18.3 Å². The monoisotopic (exact) mass is 379 g/mol. The molecule has 0 atom stereocenters. The van der Waals surface area contributed by atoms with Crippen molar-refractivity contribution in [1.82, 2.24) is 10.2 Å². The topological polar surface area (TPSA) is 76.5 Å². The second-order valence-electron chi connectivity index (χ2n) is 5.52. The number of halogens is 2. The maximum Gasteiger partial charge on any atom is 0.147 e. The van der Waals surface area contributed by atoms with Crippen LogP contribution in [0.15, 0.2) is 36.5 Å². The number of benzene rings is 2. The molecular formula is C18H19ClFN3O3. The summed E-state index contributed by atoms with van der Waals surface area (Å²) in [4.78, 5) is 0. The van der Waals surface area contributed by atoms with Crippen LogP contribution in [0.4, 0.5) is 15.8 Å². The molecule has 138 valence electrons. The average molecular weight is 380 g/mol. The number of hydrogen-bond acceptors (Lipinski definition) is 6. The van der Waals surface area contributed by atoms with Crippen molar-refractivity contribution in [3.63, 3.8) is 0 Å². The first-order valence-corrected chi connectivity index (χ1v) is 7.72. The molecule has 8 heteroatoms. The van der Waals surface area contributed by atoms with E-state index in [-0.39, 0.29) is 23.8 Å². The van der Waals surface area contributed by atoms with Gasteiger partial charge in [0.05, 0.1) is 29.7 Å². The second kappa shape index (κ2) is 8.64. The van der Waals surface area contributed by atoms with E-state index in [1.807, 2.05) is 6.07 Å². The van der Waals surface area contributed by atoms with Crippen LogP contribution in [-0.4, -0.2) is 35.6 Å². The summed E-state index contributed by atoms with van der Waals surface area (Å²) in [5, 5.41) is 21.5. The smallest absolute Gasteiger partial charge is 0.147 e. The summed E-state index contributed by atoms with van der Waals surface area (Å²) in [6, 6.07) is 8.00. The Hall–Kier alpha value is -2.64. The van der Waals surface area contributed by atoms with Gasteiger partial charge in [0, 0.05) is 24.6 Å². The fourth-order valence-electron chi connectivity index (χ4n) is 2.37. The quantitative estimate of drug-likeness (QED) is 0.631. The van der Waals surface area contributed by atoms with Gasteiger partial charge in [0.25, 0.3) is 0 Å². The Labute approximate surface area is 156 Å². The summed E-state index contributed by atoms with van der Waals surface area (Å²) < 4.78 is 24.6. The van der Waals surface area contributed by atoms with Crippen molar-refractivity contribution in [2.24, 2.45) is 0 Å². The minimum absolute atomic E-state index is 0. The van der Waals surface area contributed by atoms with Crippen molar-refractivity contribution in [2.75, 3.05) is 25.6 Å². The average Bonchev–Trinajstić information content (AvgIpc) is 2.60. The molecule has 3 aromatic rings. The van der Waals surface area contributed by atoms with Gasteiger partial charge in [-0.3, -0.25) is 0 Å². The molecule has 0 saturated carbocycles.